The van der Waals surface area contributed by atoms with Crippen molar-refractivity contribution in [3.05, 3.63) is 0 Å². The number of rotatable bonds is 3. The van der Waals surface area contributed by atoms with Crippen LogP contribution >= 0.6 is 11.6 Å². The van der Waals surface area contributed by atoms with E-state index in [4.69, 9.17) is 26.2 Å². The molecule has 2 unspecified atom stereocenters. The van der Waals surface area contributed by atoms with E-state index < -0.39 is 17.4 Å². The predicted molar refractivity (Wildman–Crippen MR) is 50.0 cm³/mol. The number of hydrogen-bond acceptors (Lipinski definition) is 5. The molecule has 1 aliphatic rings. The maximum atomic E-state index is 10.8. The summed E-state index contributed by atoms with van der Waals surface area (Å²) in [6, 6.07) is 0. The van der Waals surface area contributed by atoms with Gasteiger partial charge in [-0.1, -0.05) is 11.6 Å². The monoisotopic (exact) mass is 220 g/mol. The molecule has 0 fully saturated rings. The van der Waals surface area contributed by atoms with Gasteiger partial charge in [0.25, 0.3) is 0 Å². The number of carboxylic acid groups (broad SMARTS) is 1. The zero-order chi connectivity index (χ0) is 10.8. The van der Waals surface area contributed by atoms with Gasteiger partial charge in [-0.2, -0.15) is 0 Å². The van der Waals surface area contributed by atoms with Crippen LogP contribution in [0.25, 0.3) is 0 Å². The normalized spacial score (nSPS) is 31.4. The highest BCUT2D eigenvalue weighted by Crippen LogP contribution is 2.21. The maximum absolute atomic E-state index is 10.8. The molecule has 0 radical (unpaired) electrons. The second kappa shape index (κ2) is 4.04. The van der Waals surface area contributed by atoms with Crippen LogP contribution in [0.4, 0.5) is 0 Å². The van der Waals surface area contributed by atoms with Gasteiger partial charge in [0.15, 0.2) is 5.71 Å². The van der Waals surface area contributed by atoms with Crippen LogP contribution in [0.3, 0.4) is 0 Å². The van der Waals surface area contributed by atoms with Crippen LogP contribution in [0, 0.1) is 0 Å². The number of carbonyl (C=O) groups is 1. The van der Waals surface area contributed by atoms with Gasteiger partial charge >= 0.3 is 5.97 Å². The topological polar surface area (TPSA) is 80.5 Å². The number of halogens is 1. The van der Waals surface area contributed by atoms with Crippen LogP contribution < -0.4 is 0 Å². The van der Waals surface area contributed by atoms with Crippen molar-refractivity contribution in [2.75, 3.05) is 14.2 Å². The fourth-order valence-corrected chi connectivity index (χ4v) is 1.10. The van der Waals surface area contributed by atoms with E-state index >= 15 is 0 Å². The van der Waals surface area contributed by atoms with Gasteiger partial charge < -0.3 is 14.6 Å². The lowest BCUT2D eigenvalue weighted by molar-refractivity contribution is -0.130. The van der Waals surface area contributed by atoms with Crippen molar-refractivity contribution < 1.29 is 19.4 Å². The second-order valence-corrected chi connectivity index (χ2v) is 3.03. The SMILES string of the molecule is COC1N=CC(Cl)(OC)C(C(=O)O)=N1. The molecule has 0 spiro atoms. The standard InChI is InChI=1S/C7H9ClN2O4/c1-13-6-9-3-7(8,14-2)4(10-6)5(11)12/h3,6H,1-2H3,(H,11,12). The lowest BCUT2D eigenvalue weighted by Gasteiger charge is -2.25. The number of hydrogen-bond donors (Lipinski definition) is 1. The average molecular weight is 221 g/mol. The molecular weight excluding hydrogens is 212 g/mol. The average Bonchev–Trinajstić information content (AvgIpc) is 2.18. The van der Waals surface area contributed by atoms with Gasteiger partial charge in [0.05, 0.1) is 6.21 Å². The molecule has 0 aromatic carbocycles. The van der Waals surface area contributed by atoms with Crippen LogP contribution in [0.1, 0.15) is 0 Å². The number of alkyl halides is 1. The molecular formula is C7H9ClN2O4. The van der Waals surface area contributed by atoms with Crippen molar-refractivity contribution in [2.24, 2.45) is 9.98 Å². The second-order valence-electron chi connectivity index (χ2n) is 2.47. The molecule has 78 valence electrons. The molecule has 1 aliphatic heterocycles. The zero-order valence-corrected chi connectivity index (χ0v) is 8.35. The largest absolute Gasteiger partial charge is 0.477 e. The Morgan fingerprint density at radius 1 is 1.71 bits per heavy atom. The van der Waals surface area contributed by atoms with Crippen molar-refractivity contribution in [3.8, 4) is 0 Å². The molecule has 14 heavy (non-hydrogen) atoms. The van der Waals surface area contributed by atoms with Gasteiger partial charge in [-0.25, -0.2) is 14.8 Å². The highest BCUT2D eigenvalue weighted by Gasteiger charge is 2.40. The van der Waals surface area contributed by atoms with Crippen molar-refractivity contribution in [2.45, 2.75) is 11.4 Å². The van der Waals surface area contributed by atoms with Gasteiger partial charge in [0, 0.05) is 14.2 Å². The fourth-order valence-electron chi connectivity index (χ4n) is 0.917. The first kappa shape index (κ1) is 11.1. The minimum atomic E-state index is -1.61. The van der Waals surface area contributed by atoms with E-state index in [1.165, 1.54) is 14.2 Å². The minimum Gasteiger partial charge on any atom is -0.477 e. The Bertz CT molecular complexity index is 304. The maximum Gasteiger partial charge on any atom is 0.354 e. The predicted octanol–water partition coefficient (Wildman–Crippen LogP) is 0.108. The minimum absolute atomic E-state index is 0.344. The van der Waals surface area contributed by atoms with E-state index in [1.54, 1.807) is 0 Å². The van der Waals surface area contributed by atoms with Crippen LogP contribution in [-0.2, 0) is 14.3 Å². The summed E-state index contributed by atoms with van der Waals surface area (Å²) in [6.07, 6.45) is 0.280. The van der Waals surface area contributed by atoms with E-state index in [0.29, 0.717) is 0 Å². The van der Waals surface area contributed by atoms with E-state index in [0.717, 1.165) is 6.21 Å². The molecule has 0 aromatic heterocycles. The van der Waals surface area contributed by atoms with Gasteiger partial charge in [-0.15, -0.1) is 0 Å². The van der Waals surface area contributed by atoms with Crippen molar-refractivity contribution in [3.63, 3.8) is 0 Å². The Morgan fingerprint density at radius 2 is 2.36 bits per heavy atom. The first-order valence-electron chi connectivity index (χ1n) is 3.66. The highest BCUT2D eigenvalue weighted by atomic mass is 35.5. The molecule has 0 saturated carbocycles. The van der Waals surface area contributed by atoms with Crippen LogP contribution in [0.15, 0.2) is 9.98 Å². The Balaban J connectivity index is 3.03. The summed E-state index contributed by atoms with van der Waals surface area (Å²) in [7, 11) is 2.63. The molecule has 7 heteroatoms. The smallest absolute Gasteiger partial charge is 0.354 e. The molecule has 0 bridgehead atoms. The van der Waals surface area contributed by atoms with E-state index in [9.17, 15) is 4.79 Å². The molecule has 1 heterocycles. The Hall–Kier alpha value is -0.980. The third-order valence-electron chi connectivity index (χ3n) is 1.64. The van der Waals surface area contributed by atoms with Crippen molar-refractivity contribution >= 4 is 29.5 Å². The van der Waals surface area contributed by atoms with Gasteiger partial charge in [-0.3, -0.25) is 0 Å². The number of aliphatic imine (C=N–C) groups is 2. The van der Waals surface area contributed by atoms with Gasteiger partial charge in [0.1, 0.15) is 0 Å². The Morgan fingerprint density at radius 3 is 2.79 bits per heavy atom. The zero-order valence-electron chi connectivity index (χ0n) is 7.60. The van der Waals surface area contributed by atoms with E-state index in [1.807, 2.05) is 0 Å². The summed E-state index contributed by atoms with van der Waals surface area (Å²) in [6.45, 7) is 0. The van der Waals surface area contributed by atoms with E-state index in [-0.39, 0.29) is 5.71 Å². The quantitative estimate of drug-likeness (QED) is 0.685. The molecule has 2 atom stereocenters. The molecule has 0 amide bonds. The summed E-state index contributed by atoms with van der Waals surface area (Å²) in [5.74, 6) is -1.27. The highest BCUT2D eigenvalue weighted by molar-refractivity contribution is 6.57. The first-order valence-corrected chi connectivity index (χ1v) is 4.04. The summed E-state index contributed by atoms with van der Waals surface area (Å²) in [4.78, 5) is 18.2. The molecule has 0 aromatic rings. The van der Waals surface area contributed by atoms with Gasteiger partial charge in [-0.05, 0) is 0 Å². The summed E-state index contributed by atoms with van der Waals surface area (Å²) < 4.78 is 9.54. The van der Waals surface area contributed by atoms with Crippen molar-refractivity contribution in [1.29, 1.82) is 0 Å². The third-order valence-corrected chi connectivity index (χ3v) is 2.07. The van der Waals surface area contributed by atoms with Crippen LogP contribution in [-0.4, -0.2) is 48.6 Å². The van der Waals surface area contributed by atoms with Gasteiger partial charge in [0.2, 0.25) is 11.4 Å². The fraction of sp³-hybridized carbons (Fsp3) is 0.571. The molecule has 0 aliphatic carbocycles. The molecule has 1 N–H and O–H groups in total. The molecule has 0 saturated heterocycles. The number of carboxylic acids is 1. The number of aliphatic carboxylic acids is 1. The third kappa shape index (κ3) is 1.92. The summed E-state index contributed by atoms with van der Waals surface area (Å²) in [5, 5.41) is 7.20. The number of ether oxygens (including phenoxy) is 2. The van der Waals surface area contributed by atoms with Crippen LogP contribution in [0.2, 0.25) is 0 Å². The van der Waals surface area contributed by atoms with Crippen LogP contribution in [0.5, 0.6) is 0 Å². The van der Waals surface area contributed by atoms with Crippen molar-refractivity contribution in [1.82, 2.24) is 0 Å². The summed E-state index contributed by atoms with van der Waals surface area (Å²) in [5.41, 5.74) is -0.344. The number of nitrogens with zero attached hydrogens (tertiary/aromatic N) is 2. The van der Waals surface area contributed by atoms with E-state index in [2.05, 4.69) is 9.98 Å². The molecule has 1 rings (SSSR count). The first-order chi connectivity index (χ1) is 6.53. The Labute approximate surface area is 85.2 Å². The molecule has 6 nitrogen and oxygen atoms in total. The lowest BCUT2D eigenvalue weighted by Crippen LogP contribution is -2.45. The number of methoxy groups -OCH3 is 2. The lowest BCUT2D eigenvalue weighted by atomic mass is 10.2. The summed E-state index contributed by atoms with van der Waals surface area (Å²) >= 11 is 5.80. The Kier molecular flexibility index (Phi) is 3.20.